The van der Waals surface area contributed by atoms with E-state index in [2.05, 4.69) is 6.58 Å². The lowest BCUT2D eigenvalue weighted by molar-refractivity contribution is -0.125. The van der Waals surface area contributed by atoms with E-state index in [4.69, 9.17) is 22.1 Å². The fraction of sp³-hybridized carbons (Fsp3) is 0.158. The highest BCUT2D eigenvalue weighted by Crippen LogP contribution is 2.27. The molecule has 2 aromatic rings. The first-order chi connectivity index (χ1) is 13.2. The van der Waals surface area contributed by atoms with Gasteiger partial charge in [-0.15, -0.1) is 6.58 Å². The second-order valence-electron chi connectivity index (χ2n) is 5.75. The minimum absolute atomic E-state index is 0.0180. The van der Waals surface area contributed by atoms with E-state index >= 15 is 0 Å². The Morgan fingerprint density at radius 3 is 2.46 bits per heavy atom. The van der Waals surface area contributed by atoms with Crippen LogP contribution in [0, 0.1) is 0 Å². The number of nitrogens with zero attached hydrogens (tertiary/aromatic N) is 1. The Labute approximate surface area is 168 Å². The van der Waals surface area contributed by atoms with Gasteiger partial charge in [0.25, 0.3) is 15.9 Å². The lowest BCUT2D eigenvalue weighted by atomic mass is 10.2. The first-order valence-corrected chi connectivity index (χ1v) is 9.98. The van der Waals surface area contributed by atoms with Gasteiger partial charge in [-0.05, 0) is 37.3 Å². The number of para-hydroxylation sites is 1. The summed E-state index contributed by atoms with van der Waals surface area (Å²) in [5, 5.41) is -0.0180. The van der Waals surface area contributed by atoms with Crippen molar-refractivity contribution in [1.82, 2.24) is 0 Å². The Morgan fingerprint density at radius 1 is 1.25 bits per heavy atom. The molecule has 0 saturated carbocycles. The van der Waals surface area contributed by atoms with Crippen LogP contribution in [-0.2, 0) is 19.6 Å². The summed E-state index contributed by atoms with van der Waals surface area (Å²) in [6.07, 6.45) is 0.259. The third-order valence-corrected chi connectivity index (χ3v) is 5.89. The van der Waals surface area contributed by atoms with Gasteiger partial charge in [0.1, 0.15) is 0 Å². The van der Waals surface area contributed by atoms with Gasteiger partial charge in [-0.3, -0.25) is 9.10 Å². The Hall–Kier alpha value is -2.84. The maximum absolute atomic E-state index is 13.1. The minimum atomic E-state index is -4.03. The summed E-state index contributed by atoms with van der Waals surface area (Å²) in [5.41, 5.74) is 5.32. The number of carbonyl (C=O) groups excluding carboxylic acids is 2. The average molecular weight is 423 g/mol. The molecular formula is C19H19ClN2O5S. The number of nitrogens with two attached hydrogens (primary N) is 1. The zero-order valence-electron chi connectivity index (χ0n) is 15.0. The molecule has 0 aliphatic heterocycles. The monoisotopic (exact) mass is 422 g/mol. The second kappa shape index (κ2) is 8.90. The van der Waals surface area contributed by atoms with Gasteiger partial charge in [-0.2, -0.15) is 0 Å². The van der Waals surface area contributed by atoms with Gasteiger partial charge in [0.2, 0.25) is 0 Å². The molecule has 0 aromatic heterocycles. The Bertz CT molecular complexity index is 993. The molecule has 7 nitrogen and oxygen atoms in total. The number of ether oxygens (including phenoxy) is 1. The molecule has 2 aromatic carbocycles. The van der Waals surface area contributed by atoms with E-state index in [9.17, 15) is 18.0 Å². The largest absolute Gasteiger partial charge is 0.449 e. The highest BCUT2D eigenvalue weighted by Gasteiger charge is 2.27. The van der Waals surface area contributed by atoms with Crippen molar-refractivity contribution in [3.8, 4) is 0 Å². The van der Waals surface area contributed by atoms with Crippen molar-refractivity contribution in [2.24, 2.45) is 5.73 Å². The summed E-state index contributed by atoms with van der Waals surface area (Å²) in [4.78, 5) is 23.2. The van der Waals surface area contributed by atoms with Crippen LogP contribution in [0.25, 0.3) is 0 Å². The van der Waals surface area contributed by atoms with E-state index in [1.54, 1.807) is 30.3 Å². The topological polar surface area (TPSA) is 107 Å². The molecule has 0 unspecified atom stereocenters. The number of benzene rings is 2. The quantitative estimate of drug-likeness (QED) is 0.520. The van der Waals surface area contributed by atoms with E-state index in [1.807, 2.05) is 0 Å². The zero-order chi connectivity index (χ0) is 20.9. The molecule has 0 bridgehead atoms. The number of halogens is 1. The highest BCUT2D eigenvalue weighted by atomic mass is 35.5. The molecule has 0 saturated heterocycles. The van der Waals surface area contributed by atoms with Crippen LogP contribution in [-0.4, -0.2) is 32.9 Å². The number of rotatable bonds is 8. The van der Waals surface area contributed by atoms with Gasteiger partial charge >= 0.3 is 5.97 Å². The fourth-order valence-corrected chi connectivity index (χ4v) is 3.94. The molecule has 9 heteroatoms. The van der Waals surface area contributed by atoms with Crippen LogP contribution in [0.4, 0.5) is 5.69 Å². The first kappa shape index (κ1) is 21.5. The number of carbonyl (C=O) groups is 2. The van der Waals surface area contributed by atoms with Gasteiger partial charge < -0.3 is 10.5 Å². The number of amides is 1. The molecule has 2 rings (SSSR count). The van der Waals surface area contributed by atoms with E-state index in [1.165, 1.54) is 25.1 Å². The number of anilines is 1. The van der Waals surface area contributed by atoms with Crippen LogP contribution in [0.2, 0.25) is 5.02 Å². The maximum Gasteiger partial charge on any atom is 0.340 e. The van der Waals surface area contributed by atoms with Crippen molar-refractivity contribution in [2.45, 2.75) is 17.9 Å². The molecule has 1 atom stereocenters. The maximum atomic E-state index is 13.1. The number of hydrogen-bond acceptors (Lipinski definition) is 5. The average Bonchev–Trinajstić information content (AvgIpc) is 2.66. The Morgan fingerprint density at radius 2 is 1.89 bits per heavy atom. The molecule has 28 heavy (non-hydrogen) atoms. The zero-order valence-corrected chi connectivity index (χ0v) is 16.6. The summed E-state index contributed by atoms with van der Waals surface area (Å²) in [5.74, 6) is -1.79. The van der Waals surface area contributed by atoms with Crippen LogP contribution in [0.5, 0.6) is 0 Å². The van der Waals surface area contributed by atoms with Crippen LogP contribution in [0.1, 0.15) is 17.3 Å². The van der Waals surface area contributed by atoms with Crippen molar-refractivity contribution in [3.05, 3.63) is 71.8 Å². The van der Waals surface area contributed by atoms with Crippen LogP contribution < -0.4 is 10.0 Å². The molecule has 2 N–H and O–H groups in total. The van der Waals surface area contributed by atoms with Crippen LogP contribution in [0.15, 0.2) is 66.1 Å². The molecule has 0 fully saturated rings. The van der Waals surface area contributed by atoms with Crippen molar-refractivity contribution in [2.75, 3.05) is 10.8 Å². The van der Waals surface area contributed by atoms with Gasteiger partial charge in [-0.1, -0.05) is 35.9 Å². The van der Waals surface area contributed by atoms with Gasteiger partial charge in [0.15, 0.2) is 6.10 Å². The summed E-state index contributed by atoms with van der Waals surface area (Å²) in [6, 6.07) is 12.1. The molecular weight excluding hydrogens is 404 g/mol. The summed E-state index contributed by atoms with van der Waals surface area (Å²) in [7, 11) is -4.03. The molecule has 0 aliphatic rings. The number of primary amides is 1. The molecule has 148 valence electrons. The first-order valence-electron chi connectivity index (χ1n) is 8.17. The predicted molar refractivity (Wildman–Crippen MR) is 107 cm³/mol. The molecule has 0 aliphatic carbocycles. The van der Waals surface area contributed by atoms with Crippen molar-refractivity contribution < 1.29 is 22.7 Å². The van der Waals surface area contributed by atoms with E-state index < -0.39 is 28.0 Å². The molecule has 0 spiro atoms. The van der Waals surface area contributed by atoms with Crippen molar-refractivity contribution in [1.29, 1.82) is 0 Å². The number of hydrogen-bond donors (Lipinski definition) is 1. The predicted octanol–water partition coefficient (Wildman–Crippen LogP) is 2.75. The lowest BCUT2D eigenvalue weighted by Crippen LogP contribution is -2.32. The fourth-order valence-electron chi connectivity index (χ4n) is 2.28. The summed E-state index contributed by atoms with van der Waals surface area (Å²) in [6.45, 7) is 4.92. The Kier molecular flexibility index (Phi) is 6.82. The van der Waals surface area contributed by atoms with Crippen molar-refractivity contribution in [3.63, 3.8) is 0 Å². The van der Waals surface area contributed by atoms with E-state index in [0.717, 1.165) is 10.4 Å². The molecule has 0 radical (unpaired) electrons. The van der Waals surface area contributed by atoms with Crippen LogP contribution >= 0.6 is 11.6 Å². The second-order valence-corrected chi connectivity index (χ2v) is 8.02. The third-order valence-electron chi connectivity index (χ3n) is 3.77. The van der Waals surface area contributed by atoms with E-state index in [-0.39, 0.29) is 22.0 Å². The SMILES string of the molecule is C=CCN(c1ccccc1)S(=O)(=O)c1ccc(Cl)c(C(=O)O[C@H](C)C(N)=O)c1. The number of sulfonamides is 1. The molecule has 1 amide bonds. The van der Waals surface area contributed by atoms with Gasteiger partial charge in [0, 0.05) is 0 Å². The summed E-state index contributed by atoms with van der Waals surface area (Å²) >= 11 is 6.02. The Balaban J connectivity index is 2.47. The molecule has 0 heterocycles. The van der Waals surface area contributed by atoms with E-state index in [0.29, 0.717) is 5.69 Å². The third kappa shape index (κ3) is 4.71. The van der Waals surface area contributed by atoms with Crippen molar-refractivity contribution >= 4 is 39.2 Å². The summed E-state index contributed by atoms with van der Waals surface area (Å²) < 4.78 is 32.4. The smallest absolute Gasteiger partial charge is 0.340 e. The van der Waals surface area contributed by atoms with Gasteiger partial charge in [-0.25, -0.2) is 13.2 Å². The van der Waals surface area contributed by atoms with Crippen LogP contribution in [0.3, 0.4) is 0 Å². The van der Waals surface area contributed by atoms with Gasteiger partial charge in [0.05, 0.1) is 27.7 Å². The normalized spacial score (nSPS) is 12.1. The lowest BCUT2D eigenvalue weighted by Gasteiger charge is -2.23. The number of esters is 1. The standard InChI is InChI=1S/C19H19ClN2O5S/c1-3-11-22(14-7-5-4-6-8-14)28(25,26)15-9-10-17(20)16(12-15)19(24)27-13(2)18(21)23/h3-10,12-13H,1,11H2,2H3,(H2,21,23)/t13-/m1/s1. The minimum Gasteiger partial charge on any atom is -0.449 e. The highest BCUT2D eigenvalue weighted by molar-refractivity contribution is 7.92.